The van der Waals surface area contributed by atoms with Gasteiger partial charge < -0.3 is 19.9 Å². The molecule has 2 aromatic heterocycles. The van der Waals surface area contributed by atoms with Crippen LogP contribution >= 0.6 is 35.3 Å². The minimum Gasteiger partial charge on any atom is -0.497 e. The van der Waals surface area contributed by atoms with Crippen molar-refractivity contribution in [3.8, 4) is 5.75 Å². The third kappa shape index (κ3) is 7.44. The van der Waals surface area contributed by atoms with E-state index in [1.54, 1.807) is 18.4 Å². The zero-order chi connectivity index (χ0) is 22.2. The molecule has 2 heterocycles. The minimum absolute atomic E-state index is 0. The molecule has 0 amide bonds. The lowest BCUT2D eigenvalue weighted by Crippen LogP contribution is -2.38. The van der Waals surface area contributed by atoms with Crippen LogP contribution in [0.2, 0.25) is 0 Å². The summed E-state index contributed by atoms with van der Waals surface area (Å²) in [5.41, 5.74) is 2.36. The van der Waals surface area contributed by atoms with Crippen molar-refractivity contribution >= 4 is 41.3 Å². The van der Waals surface area contributed by atoms with Crippen molar-refractivity contribution in [2.24, 2.45) is 12.0 Å². The summed E-state index contributed by atoms with van der Waals surface area (Å²) >= 11 is 1.67. The summed E-state index contributed by atoms with van der Waals surface area (Å²) in [5.74, 6) is 3.72. The monoisotopic (exact) mass is 569 g/mol. The first kappa shape index (κ1) is 26.0. The van der Waals surface area contributed by atoms with Crippen molar-refractivity contribution in [3.63, 3.8) is 0 Å². The molecule has 0 aliphatic heterocycles. The number of halogens is 1. The van der Waals surface area contributed by atoms with E-state index in [1.807, 2.05) is 30.7 Å². The van der Waals surface area contributed by atoms with Crippen molar-refractivity contribution in [2.75, 3.05) is 13.7 Å². The number of nitrogens with zero attached hydrogens (tertiary/aromatic N) is 5. The Balaban J connectivity index is 0.00000363. The zero-order valence-corrected chi connectivity index (χ0v) is 22.4. The topological polar surface area (TPSA) is 89.2 Å². The van der Waals surface area contributed by atoms with Crippen LogP contribution in [0.3, 0.4) is 0 Å². The molecule has 0 saturated carbocycles. The van der Waals surface area contributed by atoms with Gasteiger partial charge in [0, 0.05) is 19.0 Å². The quantitative estimate of drug-likeness (QED) is 0.232. The summed E-state index contributed by atoms with van der Waals surface area (Å²) in [6, 6.07) is 8.12. The summed E-state index contributed by atoms with van der Waals surface area (Å²) < 4.78 is 7.18. The average molecular weight is 570 g/mol. The normalized spacial score (nSPS) is 11.4. The van der Waals surface area contributed by atoms with E-state index in [1.165, 1.54) is 5.56 Å². The lowest BCUT2D eigenvalue weighted by molar-refractivity contribution is 0.414. The smallest absolute Gasteiger partial charge is 0.192 e. The number of methoxy groups -OCH3 is 1. The molecular formula is C22H32IN7OS. The molecule has 8 nitrogen and oxygen atoms in total. The highest BCUT2D eigenvalue weighted by atomic mass is 127. The first-order chi connectivity index (χ1) is 15.0. The molecule has 32 heavy (non-hydrogen) atoms. The first-order valence-electron chi connectivity index (χ1n) is 10.4. The number of guanidine groups is 1. The van der Waals surface area contributed by atoms with Gasteiger partial charge in [0.25, 0.3) is 0 Å². The molecular weight excluding hydrogens is 537 g/mol. The SMILES string of the molecule is COc1ccc(CCNC(=NCc2nnc(C)n2C)NCc2nc(C(C)C)cs2)cc1.I. The van der Waals surface area contributed by atoms with E-state index in [2.05, 4.69) is 52.2 Å². The van der Waals surface area contributed by atoms with Gasteiger partial charge in [-0.3, -0.25) is 0 Å². The Hall–Kier alpha value is -2.21. The van der Waals surface area contributed by atoms with Crippen LogP contribution in [0.25, 0.3) is 0 Å². The molecule has 0 atom stereocenters. The maximum atomic E-state index is 5.22. The highest BCUT2D eigenvalue weighted by molar-refractivity contribution is 14.0. The van der Waals surface area contributed by atoms with Crippen molar-refractivity contribution in [2.45, 2.75) is 46.2 Å². The maximum absolute atomic E-state index is 5.22. The Morgan fingerprint density at radius 2 is 1.94 bits per heavy atom. The summed E-state index contributed by atoms with van der Waals surface area (Å²) in [5, 5.41) is 18.3. The third-order valence-corrected chi connectivity index (χ3v) is 5.86. The molecule has 0 aliphatic rings. The van der Waals surface area contributed by atoms with E-state index in [0.29, 0.717) is 19.0 Å². The second-order valence-corrected chi connectivity index (χ2v) is 8.53. The zero-order valence-electron chi connectivity index (χ0n) is 19.3. The van der Waals surface area contributed by atoms with E-state index in [9.17, 15) is 0 Å². The van der Waals surface area contributed by atoms with Gasteiger partial charge in [0.05, 0.1) is 19.3 Å². The number of aryl methyl sites for hydroxylation is 1. The molecule has 3 aromatic rings. The Morgan fingerprint density at radius 1 is 1.19 bits per heavy atom. The largest absolute Gasteiger partial charge is 0.497 e. The second kappa shape index (κ2) is 12.7. The summed E-state index contributed by atoms with van der Waals surface area (Å²) in [6.45, 7) is 8.08. The highest BCUT2D eigenvalue weighted by Gasteiger charge is 2.08. The molecule has 0 unspecified atom stereocenters. The molecule has 0 fully saturated rings. The van der Waals surface area contributed by atoms with Crippen LogP contribution in [-0.4, -0.2) is 39.4 Å². The predicted octanol–water partition coefficient (Wildman–Crippen LogP) is 3.81. The first-order valence-corrected chi connectivity index (χ1v) is 11.3. The molecule has 0 spiro atoms. The molecule has 0 radical (unpaired) electrons. The number of hydrogen-bond donors (Lipinski definition) is 2. The number of rotatable bonds is 9. The van der Waals surface area contributed by atoms with Gasteiger partial charge in [0.2, 0.25) is 0 Å². The molecule has 0 aliphatic carbocycles. The van der Waals surface area contributed by atoms with Crippen LogP contribution in [0.1, 0.15) is 47.7 Å². The van der Waals surface area contributed by atoms with Crippen LogP contribution in [-0.2, 0) is 26.6 Å². The van der Waals surface area contributed by atoms with E-state index in [4.69, 9.17) is 14.7 Å². The van der Waals surface area contributed by atoms with Crippen LogP contribution in [0.15, 0.2) is 34.6 Å². The lowest BCUT2D eigenvalue weighted by atomic mass is 10.1. The van der Waals surface area contributed by atoms with Crippen molar-refractivity contribution < 1.29 is 4.74 Å². The van der Waals surface area contributed by atoms with Crippen LogP contribution in [0.4, 0.5) is 0 Å². The molecule has 1 aromatic carbocycles. The van der Waals surface area contributed by atoms with E-state index < -0.39 is 0 Å². The van der Waals surface area contributed by atoms with Gasteiger partial charge >= 0.3 is 0 Å². The van der Waals surface area contributed by atoms with Gasteiger partial charge in [-0.25, -0.2) is 9.98 Å². The average Bonchev–Trinajstić information content (AvgIpc) is 3.38. The number of hydrogen-bond acceptors (Lipinski definition) is 6. The number of benzene rings is 1. The van der Waals surface area contributed by atoms with Gasteiger partial charge in [-0.2, -0.15) is 0 Å². The number of aromatic nitrogens is 4. The molecule has 0 bridgehead atoms. The fourth-order valence-electron chi connectivity index (χ4n) is 2.86. The van der Waals surface area contributed by atoms with Gasteiger partial charge in [-0.15, -0.1) is 45.5 Å². The van der Waals surface area contributed by atoms with Gasteiger partial charge in [0.1, 0.15) is 23.1 Å². The van der Waals surface area contributed by atoms with E-state index >= 15 is 0 Å². The molecule has 174 valence electrons. The van der Waals surface area contributed by atoms with Crippen molar-refractivity contribution in [1.29, 1.82) is 0 Å². The van der Waals surface area contributed by atoms with Crippen LogP contribution in [0, 0.1) is 6.92 Å². The van der Waals surface area contributed by atoms with Crippen molar-refractivity contribution in [1.82, 2.24) is 30.4 Å². The Kier molecular flexibility index (Phi) is 10.4. The molecule has 10 heteroatoms. The summed E-state index contributed by atoms with van der Waals surface area (Å²) in [7, 11) is 3.63. The van der Waals surface area contributed by atoms with Crippen molar-refractivity contribution in [3.05, 3.63) is 57.6 Å². The standard InChI is InChI=1S/C22H31N7OS.HI/c1-15(2)19-14-31-21(26-19)13-25-22(24-12-20-28-27-16(3)29(20)4)23-11-10-17-6-8-18(30-5)9-7-17;/h6-9,14-15H,10-13H2,1-5H3,(H2,23,24,25);1H. The van der Waals surface area contributed by atoms with E-state index in [-0.39, 0.29) is 24.0 Å². The van der Waals surface area contributed by atoms with Gasteiger partial charge in [0.15, 0.2) is 11.8 Å². The predicted molar refractivity (Wildman–Crippen MR) is 140 cm³/mol. The Labute approximate surface area is 210 Å². The third-order valence-electron chi connectivity index (χ3n) is 4.99. The summed E-state index contributed by atoms with van der Waals surface area (Å²) in [4.78, 5) is 9.41. The summed E-state index contributed by atoms with van der Waals surface area (Å²) in [6.07, 6.45) is 0.877. The minimum atomic E-state index is 0. The lowest BCUT2D eigenvalue weighted by Gasteiger charge is -2.12. The molecule has 0 saturated heterocycles. The van der Waals surface area contributed by atoms with Gasteiger partial charge in [-0.1, -0.05) is 26.0 Å². The Morgan fingerprint density at radius 3 is 2.53 bits per heavy atom. The highest BCUT2D eigenvalue weighted by Crippen LogP contribution is 2.17. The fraction of sp³-hybridized carbons (Fsp3) is 0.455. The van der Waals surface area contributed by atoms with Crippen LogP contribution in [0.5, 0.6) is 5.75 Å². The molecule has 3 rings (SSSR count). The maximum Gasteiger partial charge on any atom is 0.192 e. The van der Waals surface area contributed by atoms with E-state index in [0.717, 1.165) is 47.0 Å². The second-order valence-electron chi connectivity index (χ2n) is 7.59. The number of ether oxygens (including phenoxy) is 1. The number of aliphatic imine (C=N–C) groups is 1. The fourth-order valence-corrected chi connectivity index (χ4v) is 3.76. The molecule has 2 N–H and O–H groups in total. The van der Waals surface area contributed by atoms with Crippen LogP contribution < -0.4 is 15.4 Å². The number of nitrogens with one attached hydrogen (secondary N) is 2. The van der Waals surface area contributed by atoms with Gasteiger partial charge in [-0.05, 0) is 37.0 Å². The number of thiazole rings is 1. The Bertz CT molecular complexity index is 998.